The van der Waals surface area contributed by atoms with Crippen molar-refractivity contribution in [2.24, 2.45) is 5.92 Å². The van der Waals surface area contributed by atoms with Gasteiger partial charge < -0.3 is 10.2 Å². The van der Waals surface area contributed by atoms with Crippen LogP contribution in [-0.2, 0) is 4.79 Å². The van der Waals surface area contributed by atoms with Crippen LogP contribution in [0.3, 0.4) is 0 Å². The first-order valence-electron chi connectivity index (χ1n) is 4.65. The molecule has 1 heterocycles. The van der Waals surface area contributed by atoms with E-state index in [2.05, 4.69) is 5.32 Å². The Morgan fingerprint density at radius 1 is 1.67 bits per heavy atom. The number of carbonyl (C=O) groups excluding carboxylic acids is 1. The highest BCUT2D eigenvalue weighted by Crippen LogP contribution is 2.19. The Labute approximate surface area is 74.1 Å². The third-order valence-corrected chi connectivity index (χ3v) is 2.51. The van der Waals surface area contributed by atoms with E-state index in [1.54, 1.807) is 0 Å². The fraction of sp³-hybridized carbons (Fsp3) is 0.889. The van der Waals surface area contributed by atoms with Gasteiger partial charge in [0.15, 0.2) is 0 Å². The van der Waals surface area contributed by atoms with E-state index >= 15 is 0 Å². The molecule has 0 aromatic carbocycles. The van der Waals surface area contributed by atoms with Crippen LogP contribution in [0.1, 0.15) is 19.3 Å². The molecule has 1 fully saturated rings. The highest BCUT2D eigenvalue weighted by molar-refractivity contribution is 5.79. The summed E-state index contributed by atoms with van der Waals surface area (Å²) in [4.78, 5) is 13.4. The van der Waals surface area contributed by atoms with Gasteiger partial charge >= 0.3 is 0 Å². The van der Waals surface area contributed by atoms with Crippen molar-refractivity contribution in [3.63, 3.8) is 0 Å². The lowest BCUT2D eigenvalue weighted by Crippen LogP contribution is -2.39. The predicted molar refractivity (Wildman–Crippen MR) is 48.9 cm³/mol. The molecule has 0 unspecified atom stereocenters. The largest absolute Gasteiger partial charge is 0.346 e. The van der Waals surface area contributed by atoms with E-state index in [4.69, 9.17) is 0 Å². The number of nitrogens with one attached hydrogen (secondary N) is 1. The van der Waals surface area contributed by atoms with Gasteiger partial charge in [-0.25, -0.2) is 0 Å². The summed E-state index contributed by atoms with van der Waals surface area (Å²) in [5, 5.41) is 3.08. The van der Waals surface area contributed by atoms with Gasteiger partial charge in [0.05, 0.1) is 0 Å². The predicted octanol–water partition coefficient (Wildman–Crippen LogP) is 0.464. The van der Waals surface area contributed by atoms with E-state index in [0.29, 0.717) is 5.91 Å². The van der Waals surface area contributed by atoms with Gasteiger partial charge in [-0.2, -0.15) is 0 Å². The molecule has 1 N–H and O–H groups in total. The standard InChI is InChI=1S/C9H18N2O/c1-10-6-5-8-4-3-7-11(2)9(8)12/h8,10H,3-7H2,1-2H3/t8-/m1/s1. The summed E-state index contributed by atoms with van der Waals surface area (Å²) in [5.74, 6) is 0.604. The summed E-state index contributed by atoms with van der Waals surface area (Å²) in [6.07, 6.45) is 3.22. The van der Waals surface area contributed by atoms with Crippen molar-refractivity contribution in [2.75, 3.05) is 27.2 Å². The van der Waals surface area contributed by atoms with Crippen LogP contribution in [0, 0.1) is 5.92 Å². The quantitative estimate of drug-likeness (QED) is 0.667. The molecule has 12 heavy (non-hydrogen) atoms. The van der Waals surface area contributed by atoms with E-state index in [0.717, 1.165) is 32.4 Å². The molecule has 1 atom stereocenters. The van der Waals surface area contributed by atoms with Crippen LogP contribution in [0.4, 0.5) is 0 Å². The summed E-state index contributed by atoms with van der Waals surface area (Å²) in [6, 6.07) is 0. The summed E-state index contributed by atoms with van der Waals surface area (Å²) in [5.41, 5.74) is 0. The normalized spacial score (nSPS) is 24.7. The van der Waals surface area contributed by atoms with Crippen molar-refractivity contribution < 1.29 is 4.79 Å². The first kappa shape index (κ1) is 9.52. The molecule has 0 radical (unpaired) electrons. The fourth-order valence-corrected chi connectivity index (χ4v) is 1.71. The van der Waals surface area contributed by atoms with Gasteiger partial charge in [-0.3, -0.25) is 4.79 Å². The minimum atomic E-state index is 0.274. The summed E-state index contributed by atoms with van der Waals surface area (Å²) in [6.45, 7) is 1.89. The minimum absolute atomic E-state index is 0.274. The summed E-state index contributed by atoms with van der Waals surface area (Å²) < 4.78 is 0. The smallest absolute Gasteiger partial charge is 0.225 e. The molecule has 1 amide bonds. The number of hydrogen-bond acceptors (Lipinski definition) is 2. The molecule has 1 saturated heterocycles. The van der Waals surface area contributed by atoms with Crippen molar-refractivity contribution in [1.29, 1.82) is 0 Å². The molecule has 70 valence electrons. The second kappa shape index (κ2) is 4.45. The fourth-order valence-electron chi connectivity index (χ4n) is 1.71. The second-order valence-electron chi connectivity index (χ2n) is 3.49. The number of carbonyl (C=O) groups is 1. The van der Waals surface area contributed by atoms with Gasteiger partial charge in [-0.1, -0.05) is 0 Å². The molecule has 0 saturated carbocycles. The second-order valence-corrected chi connectivity index (χ2v) is 3.49. The monoisotopic (exact) mass is 170 g/mol. The zero-order valence-electron chi connectivity index (χ0n) is 7.97. The van der Waals surface area contributed by atoms with Crippen molar-refractivity contribution in [3.05, 3.63) is 0 Å². The van der Waals surface area contributed by atoms with Crippen LogP contribution in [-0.4, -0.2) is 38.0 Å². The highest BCUT2D eigenvalue weighted by Gasteiger charge is 2.25. The molecule has 1 rings (SSSR count). The number of hydrogen-bond donors (Lipinski definition) is 1. The summed E-state index contributed by atoms with van der Waals surface area (Å²) in [7, 11) is 3.82. The van der Waals surface area contributed by atoms with Crippen LogP contribution in [0.2, 0.25) is 0 Å². The molecule has 0 aromatic heterocycles. The van der Waals surface area contributed by atoms with Crippen LogP contribution in [0.25, 0.3) is 0 Å². The zero-order chi connectivity index (χ0) is 8.97. The molecule has 1 aliphatic rings. The number of nitrogens with zero attached hydrogens (tertiary/aromatic N) is 1. The first-order valence-corrected chi connectivity index (χ1v) is 4.65. The van der Waals surface area contributed by atoms with Gasteiger partial charge in [0.2, 0.25) is 5.91 Å². The molecule has 0 spiro atoms. The third kappa shape index (κ3) is 2.21. The number of rotatable bonds is 3. The molecule has 0 aromatic rings. The molecule has 0 aliphatic carbocycles. The molecule has 1 aliphatic heterocycles. The average Bonchev–Trinajstić information content (AvgIpc) is 2.08. The van der Waals surface area contributed by atoms with Crippen LogP contribution in [0.15, 0.2) is 0 Å². The SMILES string of the molecule is CNCC[C@H]1CCCN(C)C1=O. The first-order chi connectivity index (χ1) is 5.75. The Morgan fingerprint density at radius 2 is 2.42 bits per heavy atom. The average molecular weight is 170 g/mol. The highest BCUT2D eigenvalue weighted by atomic mass is 16.2. The van der Waals surface area contributed by atoms with Gasteiger partial charge in [-0.05, 0) is 32.9 Å². The molecule has 3 heteroatoms. The minimum Gasteiger partial charge on any atom is -0.346 e. The Morgan fingerprint density at radius 3 is 3.08 bits per heavy atom. The number of amides is 1. The van der Waals surface area contributed by atoms with Gasteiger partial charge in [0, 0.05) is 19.5 Å². The maximum atomic E-state index is 11.5. The van der Waals surface area contributed by atoms with Crippen LogP contribution in [0.5, 0.6) is 0 Å². The van der Waals surface area contributed by atoms with Crippen molar-refractivity contribution >= 4 is 5.91 Å². The van der Waals surface area contributed by atoms with Crippen LogP contribution < -0.4 is 5.32 Å². The van der Waals surface area contributed by atoms with Crippen molar-refractivity contribution in [3.8, 4) is 0 Å². The lowest BCUT2D eigenvalue weighted by molar-refractivity contribution is -0.137. The molecule has 0 bridgehead atoms. The Kier molecular flexibility index (Phi) is 3.53. The molecular weight excluding hydrogens is 152 g/mol. The lowest BCUT2D eigenvalue weighted by atomic mass is 9.94. The van der Waals surface area contributed by atoms with Crippen molar-refractivity contribution in [1.82, 2.24) is 10.2 Å². The number of likely N-dealkylation sites (tertiary alicyclic amines) is 1. The topological polar surface area (TPSA) is 32.3 Å². The maximum absolute atomic E-state index is 11.5. The van der Waals surface area contributed by atoms with E-state index in [-0.39, 0.29) is 5.92 Å². The van der Waals surface area contributed by atoms with E-state index in [9.17, 15) is 4.79 Å². The number of piperidine rings is 1. The third-order valence-electron chi connectivity index (χ3n) is 2.51. The Bertz CT molecular complexity index is 159. The maximum Gasteiger partial charge on any atom is 0.225 e. The summed E-state index contributed by atoms with van der Waals surface area (Å²) >= 11 is 0. The van der Waals surface area contributed by atoms with E-state index < -0.39 is 0 Å². The van der Waals surface area contributed by atoms with Gasteiger partial charge in [0.1, 0.15) is 0 Å². The van der Waals surface area contributed by atoms with Crippen molar-refractivity contribution in [2.45, 2.75) is 19.3 Å². The van der Waals surface area contributed by atoms with E-state index in [1.165, 1.54) is 0 Å². The molecule has 3 nitrogen and oxygen atoms in total. The van der Waals surface area contributed by atoms with E-state index in [1.807, 2.05) is 19.0 Å². The Hall–Kier alpha value is -0.570. The Balaban J connectivity index is 2.36. The molecular formula is C9H18N2O. The zero-order valence-corrected chi connectivity index (χ0v) is 7.97. The van der Waals surface area contributed by atoms with Crippen LogP contribution >= 0.6 is 0 Å². The van der Waals surface area contributed by atoms with Gasteiger partial charge in [-0.15, -0.1) is 0 Å². The lowest BCUT2D eigenvalue weighted by Gasteiger charge is -2.29. The van der Waals surface area contributed by atoms with Gasteiger partial charge in [0.25, 0.3) is 0 Å².